The zero-order valence-corrected chi connectivity index (χ0v) is 19.3. The van der Waals surface area contributed by atoms with Gasteiger partial charge in [-0.1, -0.05) is 36.4 Å². The second-order valence-electron chi connectivity index (χ2n) is 7.25. The van der Waals surface area contributed by atoms with E-state index in [1.165, 1.54) is 0 Å². The Bertz CT molecular complexity index is 940. The number of benzene rings is 2. The van der Waals surface area contributed by atoms with E-state index in [4.69, 9.17) is 14.6 Å². The highest BCUT2D eigenvalue weighted by Crippen LogP contribution is 2.18. The van der Waals surface area contributed by atoms with Crippen LogP contribution < -0.4 is 0 Å². The summed E-state index contributed by atoms with van der Waals surface area (Å²) in [4.78, 5) is 33.9. The number of aliphatic carboxylic acids is 1. The van der Waals surface area contributed by atoms with Crippen LogP contribution in [0.1, 0.15) is 42.5 Å². The summed E-state index contributed by atoms with van der Waals surface area (Å²) >= 11 is 0. The van der Waals surface area contributed by atoms with Crippen molar-refractivity contribution in [1.29, 1.82) is 0 Å². The third kappa shape index (κ3) is 9.00. The summed E-state index contributed by atoms with van der Waals surface area (Å²) in [5.74, 6) is -4.11. The Morgan fingerprint density at radius 2 is 1.30 bits per heavy atom. The molecule has 6 nitrogen and oxygen atoms in total. The van der Waals surface area contributed by atoms with Crippen LogP contribution in [-0.2, 0) is 36.7 Å². The number of aryl methyl sites for hydroxylation is 3. The van der Waals surface area contributed by atoms with Gasteiger partial charge in [-0.15, -0.1) is 0 Å². The molecule has 8 heteroatoms. The van der Waals surface area contributed by atoms with Gasteiger partial charge in [0.25, 0.3) is 0 Å². The number of carboxylic acids is 1. The van der Waals surface area contributed by atoms with Crippen LogP contribution in [0.15, 0.2) is 36.4 Å². The second kappa shape index (κ2) is 14.0. The molecule has 0 amide bonds. The van der Waals surface area contributed by atoms with E-state index >= 15 is 0 Å². The van der Waals surface area contributed by atoms with Gasteiger partial charge in [-0.3, -0.25) is 14.4 Å². The number of hydrogen-bond donors (Lipinski definition) is 1. The lowest BCUT2D eigenvalue weighted by molar-refractivity contribution is -0.161. The van der Waals surface area contributed by atoms with E-state index in [1.807, 2.05) is 0 Å². The van der Waals surface area contributed by atoms with Crippen LogP contribution in [0.25, 0.3) is 0 Å². The van der Waals surface area contributed by atoms with Gasteiger partial charge in [-0.25, -0.2) is 8.78 Å². The van der Waals surface area contributed by atoms with Crippen molar-refractivity contribution < 1.29 is 37.7 Å². The van der Waals surface area contributed by atoms with Crippen LogP contribution in [0, 0.1) is 31.4 Å². The van der Waals surface area contributed by atoms with Crippen LogP contribution >= 0.6 is 0 Å². The summed E-state index contributed by atoms with van der Waals surface area (Å²) < 4.78 is 36.9. The van der Waals surface area contributed by atoms with Crippen molar-refractivity contribution in [3.63, 3.8) is 0 Å². The highest BCUT2D eigenvalue weighted by atomic mass is 19.1. The van der Waals surface area contributed by atoms with E-state index in [0.29, 0.717) is 22.3 Å². The lowest BCUT2D eigenvalue weighted by atomic mass is 9.97. The first-order valence-corrected chi connectivity index (χ1v) is 10.6. The molecule has 0 radical (unpaired) electrons. The fourth-order valence-electron chi connectivity index (χ4n) is 2.98. The van der Waals surface area contributed by atoms with Crippen molar-refractivity contribution in [3.8, 4) is 0 Å². The van der Waals surface area contributed by atoms with E-state index in [1.54, 1.807) is 64.1 Å². The van der Waals surface area contributed by atoms with E-state index < -0.39 is 29.6 Å². The molecule has 2 aromatic rings. The van der Waals surface area contributed by atoms with Crippen LogP contribution in [0.4, 0.5) is 8.78 Å². The number of carbonyl (C=O) groups excluding carboxylic acids is 2. The standard InChI is InChI=1S/C15H19FO4.C10H11FO2/c1-4-19-14(17)12(15(18)20-5-2)9-11-8-6-7-10(3)13(11)16;1-7-3-2-4-8(10(7)11)5-6-9(12)13/h6-8,12H,4-5,9H2,1-3H3;2-4H,5-6H2,1H3,(H,12,13). The van der Waals surface area contributed by atoms with E-state index in [-0.39, 0.29) is 38.3 Å². The van der Waals surface area contributed by atoms with Gasteiger partial charge in [0.05, 0.1) is 13.2 Å². The SMILES string of the molecule is CCOC(=O)C(Cc1cccc(C)c1F)C(=O)OCC.Cc1cccc(CCC(=O)O)c1F. The number of rotatable bonds is 9. The molecule has 0 unspecified atom stereocenters. The molecule has 180 valence electrons. The van der Waals surface area contributed by atoms with Crippen molar-refractivity contribution in [2.75, 3.05) is 13.2 Å². The minimum Gasteiger partial charge on any atom is -0.481 e. The van der Waals surface area contributed by atoms with Crippen molar-refractivity contribution >= 4 is 17.9 Å². The van der Waals surface area contributed by atoms with Crippen LogP contribution in [0.5, 0.6) is 0 Å². The maximum absolute atomic E-state index is 14.0. The summed E-state index contributed by atoms with van der Waals surface area (Å²) in [6, 6.07) is 9.87. The number of carbonyl (C=O) groups is 3. The Morgan fingerprint density at radius 3 is 1.76 bits per heavy atom. The van der Waals surface area contributed by atoms with E-state index in [0.717, 1.165) is 0 Å². The molecule has 0 aliphatic rings. The van der Waals surface area contributed by atoms with Gasteiger partial charge in [0.1, 0.15) is 11.6 Å². The Labute approximate surface area is 192 Å². The molecule has 0 fully saturated rings. The number of esters is 2. The van der Waals surface area contributed by atoms with Gasteiger partial charge in [0.2, 0.25) is 0 Å². The molecule has 0 bridgehead atoms. The highest BCUT2D eigenvalue weighted by molar-refractivity contribution is 5.95. The maximum Gasteiger partial charge on any atom is 0.320 e. The zero-order valence-electron chi connectivity index (χ0n) is 19.3. The smallest absolute Gasteiger partial charge is 0.320 e. The summed E-state index contributed by atoms with van der Waals surface area (Å²) in [5.41, 5.74) is 1.80. The molecular weight excluding hydrogens is 434 g/mol. The zero-order chi connectivity index (χ0) is 25.0. The molecule has 33 heavy (non-hydrogen) atoms. The minimum absolute atomic E-state index is 0.0274. The van der Waals surface area contributed by atoms with Crippen molar-refractivity contribution in [2.24, 2.45) is 5.92 Å². The summed E-state index contributed by atoms with van der Waals surface area (Å²) in [5, 5.41) is 8.41. The first-order chi connectivity index (χ1) is 15.6. The monoisotopic (exact) mass is 464 g/mol. The fourth-order valence-corrected chi connectivity index (χ4v) is 2.98. The fraction of sp³-hybridized carbons (Fsp3) is 0.400. The van der Waals surface area contributed by atoms with Gasteiger partial charge >= 0.3 is 17.9 Å². The number of carboxylic acid groups (broad SMARTS) is 1. The largest absolute Gasteiger partial charge is 0.481 e. The summed E-state index contributed by atoms with van der Waals surface area (Å²) in [7, 11) is 0. The molecule has 0 spiro atoms. The average molecular weight is 465 g/mol. The number of ether oxygens (including phenoxy) is 2. The third-order valence-corrected chi connectivity index (χ3v) is 4.72. The lowest BCUT2D eigenvalue weighted by Crippen LogP contribution is -2.30. The first kappa shape index (κ1) is 27.7. The Kier molecular flexibility index (Phi) is 11.8. The van der Waals surface area contributed by atoms with Crippen molar-refractivity contribution in [3.05, 3.63) is 70.3 Å². The third-order valence-electron chi connectivity index (χ3n) is 4.72. The van der Waals surface area contributed by atoms with Crippen LogP contribution in [-0.4, -0.2) is 36.2 Å². The predicted octanol–water partition coefficient (Wildman–Crippen LogP) is 4.57. The maximum atomic E-state index is 14.0. The molecule has 0 heterocycles. The second-order valence-corrected chi connectivity index (χ2v) is 7.25. The Hall–Kier alpha value is -3.29. The number of hydrogen-bond acceptors (Lipinski definition) is 5. The molecule has 1 N–H and O–H groups in total. The lowest BCUT2D eigenvalue weighted by Gasteiger charge is -2.15. The molecule has 2 rings (SSSR count). The van der Waals surface area contributed by atoms with Crippen LogP contribution in [0.2, 0.25) is 0 Å². The van der Waals surface area contributed by atoms with Gasteiger partial charge in [0.15, 0.2) is 5.92 Å². The molecule has 0 aliphatic carbocycles. The average Bonchev–Trinajstić information content (AvgIpc) is 2.76. The summed E-state index contributed by atoms with van der Waals surface area (Å²) in [6.07, 6.45) is 0.161. The molecule has 0 atom stereocenters. The van der Waals surface area contributed by atoms with Crippen molar-refractivity contribution in [1.82, 2.24) is 0 Å². The molecule has 0 aliphatic heterocycles. The van der Waals surface area contributed by atoms with Gasteiger partial charge < -0.3 is 14.6 Å². The van der Waals surface area contributed by atoms with Gasteiger partial charge in [0, 0.05) is 6.42 Å². The Balaban J connectivity index is 0.000000361. The molecule has 0 saturated carbocycles. The molecule has 0 aromatic heterocycles. The molecular formula is C25H30F2O6. The van der Waals surface area contributed by atoms with Gasteiger partial charge in [-0.2, -0.15) is 0 Å². The quantitative estimate of drug-likeness (QED) is 0.432. The minimum atomic E-state index is -1.13. The highest BCUT2D eigenvalue weighted by Gasteiger charge is 2.30. The van der Waals surface area contributed by atoms with Crippen LogP contribution in [0.3, 0.4) is 0 Å². The Morgan fingerprint density at radius 1 is 0.848 bits per heavy atom. The topological polar surface area (TPSA) is 89.9 Å². The number of halogens is 2. The van der Waals surface area contributed by atoms with Crippen molar-refractivity contribution in [2.45, 2.75) is 47.0 Å². The van der Waals surface area contributed by atoms with E-state index in [2.05, 4.69) is 0 Å². The van der Waals surface area contributed by atoms with E-state index in [9.17, 15) is 23.2 Å². The normalized spacial score (nSPS) is 10.3. The van der Waals surface area contributed by atoms with Gasteiger partial charge in [-0.05, 0) is 62.8 Å². The summed E-state index contributed by atoms with van der Waals surface area (Å²) in [6.45, 7) is 6.90. The molecule has 0 saturated heterocycles. The predicted molar refractivity (Wildman–Crippen MR) is 119 cm³/mol. The molecule has 2 aromatic carbocycles. The first-order valence-electron chi connectivity index (χ1n) is 10.6.